The summed E-state index contributed by atoms with van der Waals surface area (Å²) in [5, 5.41) is 6.79. The van der Waals surface area contributed by atoms with Crippen molar-refractivity contribution in [1.29, 1.82) is 0 Å². The Morgan fingerprint density at radius 2 is 2.07 bits per heavy atom. The van der Waals surface area contributed by atoms with Gasteiger partial charge in [0.2, 0.25) is 23.5 Å². The van der Waals surface area contributed by atoms with E-state index in [0.717, 1.165) is 11.1 Å². The van der Waals surface area contributed by atoms with E-state index >= 15 is 0 Å². The van der Waals surface area contributed by atoms with E-state index in [2.05, 4.69) is 25.4 Å². The summed E-state index contributed by atoms with van der Waals surface area (Å²) in [5.74, 6) is 0.402. The number of likely N-dealkylation sites (tertiary alicyclic amines) is 1. The molecule has 3 aromatic heterocycles. The Morgan fingerprint density at radius 3 is 2.86 bits per heavy atom. The lowest BCUT2D eigenvalue weighted by Crippen LogP contribution is -2.34. The van der Waals surface area contributed by atoms with Crippen LogP contribution in [0.3, 0.4) is 0 Å². The van der Waals surface area contributed by atoms with Gasteiger partial charge in [-0.25, -0.2) is 0 Å². The number of hydrogen-bond donors (Lipinski definition) is 1. The van der Waals surface area contributed by atoms with Crippen molar-refractivity contribution >= 4 is 11.8 Å². The van der Waals surface area contributed by atoms with E-state index in [1.807, 2.05) is 18.2 Å². The average molecular weight is 392 g/mol. The third kappa shape index (κ3) is 4.63. The topological polar surface area (TPSA) is 114 Å². The van der Waals surface area contributed by atoms with Gasteiger partial charge in [0.15, 0.2) is 0 Å². The van der Waals surface area contributed by atoms with E-state index < -0.39 is 0 Å². The number of carbonyl (C=O) groups is 2. The van der Waals surface area contributed by atoms with Crippen molar-refractivity contribution in [3.8, 4) is 11.4 Å². The number of nitrogens with one attached hydrogen (secondary N) is 1. The maximum Gasteiger partial charge on any atom is 0.228 e. The molecule has 148 valence electrons. The standard InChI is InChI=1S/C20H20N6O3/c27-18-10-16(13-26(18)12-14-3-7-21-8-4-14)20(28)23-9-5-17-24-19(25-29-17)15-2-1-6-22-11-15/h1-4,6-8,11,16H,5,9-10,12-13H2,(H,23,28)/t16-/m0/s1. The normalized spacial score (nSPS) is 16.2. The lowest BCUT2D eigenvalue weighted by molar-refractivity contribution is -0.129. The summed E-state index contributed by atoms with van der Waals surface area (Å²) < 4.78 is 5.22. The van der Waals surface area contributed by atoms with Gasteiger partial charge < -0.3 is 14.7 Å². The number of rotatable bonds is 7. The van der Waals surface area contributed by atoms with Gasteiger partial charge in [0.1, 0.15) is 0 Å². The Morgan fingerprint density at radius 1 is 1.21 bits per heavy atom. The number of carbonyl (C=O) groups excluding carboxylic acids is 2. The Kier molecular flexibility index (Phi) is 5.55. The Bertz CT molecular complexity index is 976. The van der Waals surface area contributed by atoms with Crippen molar-refractivity contribution in [3.63, 3.8) is 0 Å². The van der Waals surface area contributed by atoms with Crippen LogP contribution in [0.15, 0.2) is 53.6 Å². The number of hydrogen-bond acceptors (Lipinski definition) is 7. The third-order valence-corrected chi connectivity index (χ3v) is 4.73. The zero-order chi connectivity index (χ0) is 20.1. The van der Waals surface area contributed by atoms with E-state index in [-0.39, 0.29) is 24.2 Å². The maximum absolute atomic E-state index is 12.4. The minimum Gasteiger partial charge on any atom is -0.355 e. The van der Waals surface area contributed by atoms with Crippen molar-refractivity contribution in [2.45, 2.75) is 19.4 Å². The number of aromatic nitrogens is 4. The monoisotopic (exact) mass is 392 g/mol. The molecule has 9 heteroatoms. The van der Waals surface area contributed by atoms with E-state index in [4.69, 9.17) is 4.52 Å². The van der Waals surface area contributed by atoms with Crippen molar-refractivity contribution in [3.05, 3.63) is 60.5 Å². The van der Waals surface area contributed by atoms with Crippen molar-refractivity contribution in [2.75, 3.05) is 13.1 Å². The highest BCUT2D eigenvalue weighted by Gasteiger charge is 2.34. The van der Waals surface area contributed by atoms with Gasteiger partial charge in [0.05, 0.1) is 5.92 Å². The van der Waals surface area contributed by atoms with E-state index in [1.54, 1.807) is 35.8 Å². The quantitative estimate of drug-likeness (QED) is 0.643. The number of amides is 2. The highest BCUT2D eigenvalue weighted by atomic mass is 16.5. The average Bonchev–Trinajstić information content (AvgIpc) is 3.37. The van der Waals surface area contributed by atoms with E-state index in [1.165, 1.54) is 0 Å². The summed E-state index contributed by atoms with van der Waals surface area (Å²) in [5.41, 5.74) is 1.76. The van der Waals surface area contributed by atoms with Gasteiger partial charge in [-0.05, 0) is 29.8 Å². The summed E-state index contributed by atoms with van der Waals surface area (Å²) in [4.78, 5) is 38.7. The molecule has 4 heterocycles. The number of pyridine rings is 2. The van der Waals surface area contributed by atoms with Gasteiger partial charge in [-0.1, -0.05) is 5.16 Å². The first-order valence-electron chi connectivity index (χ1n) is 9.36. The molecule has 0 aliphatic carbocycles. The van der Waals surface area contributed by atoms with Crippen LogP contribution in [0.2, 0.25) is 0 Å². The lowest BCUT2D eigenvalue weighted by Gasteiger charge is -2.16. The minimum atomic E-state index is -0.349. The van der Waals surface area contributed by atoms with Crippen LogP contribution in [-0.2, 0) is 22.6 Å². The summed E-state index contributed by atoms with van der Waals surface area (Å²) in [6.07, 6.45) is 7.36. The molecule has 0 radical (unpaired) electrons. The van der Waals surface area contributed by atoms with Gasteiger partial charge >= 0.3 is 0 Å². The van der Waals surface area contributed by atoms with Crippen LogP contribution in [-0.4, -0.2) is 49.9 Å². The van der Waals surface area contributed by atoms with Gasteiger partial charge in [-0.3, -0.25) is 19.6 Å². The highest BCUT2D eigenvalue weighted by Crippen LogP contribution is 2.20. The SMILES string of the molecule is O=C(NCCc1nc(-c2cccnc2)no1)[C@H]1CC(=O)N(Cc2ccncc2)C1. The molecule has 0 bridgehead atoms. The lowest BCUT2D eigenvalue weighted by atomic mass is 10.1. The molecule has 0 aromatic carbocycles. The minimum absolute atomic E-state index is 0.0139. The second kappa shape index (κ2) is 8.59. The predicted octanol–water partition coefficient (Wildman–Crippen LogP) is 1.23. The van der Waals surface area contributed by atoms with Gasteiger partial charge in [-0.15, -0.1) is 0 Å². The first kappa shape index (κ1) is 18.7. The Hall–Kier alpha value is -3.62. The third-order valence-electron chi connectivity index (χ3n) is 4.73. The largest absolute Gasteiger partial charge is 0.355 e. The van der Waals surface area contributed by atoms with Crippen LogP contribution in [0.5, 0.6) is 0 Å². The zero-order valence-corrected chi connectivity index (χ0v) is 15.7. The van der Waals surface area contributed by atoms with Crippen LogP contribution in [0.4, 0.5) is 0 Å². The van der Waals surface area contributed by atoms with Gasteiger partial charge in [0.25, 0.3) is 0 Å². The predicted molar refractivity (Wildman–Crippen MR) is 102 cm³/mol. The second-order valence-corrected chi connectivity index (χ2v) is 6.83. The summed E-state index contributed by atoms with van der Waals surface area (Å²) in [6, 6.07) is 7.38. The van der Waals surface area contributed by atoms with Crippen LogP contribution in [0.1, 0.15) is 17.9 Å². The van der Waals surface area contributed by atoms with Crippen LogP contribution in [0, 0.1) is 5.92 Å². The molecule has 3 aromatic rings. The summed E-state index contributed by atoms with van der Waals surface area (Å²) >= 11 is 0. The molecule has 2 amide bonds. The first-order chi connectivity index (χ1) is 14.2. The second-order valence-electron chi connectivity index (χ2n) is 6.83. The molecule has 1 saturated heterocycles. The fourth-order valence-corrected chi connectivity index (χ4v) is 3.21. The molecule has 1 aliphatic rings. The van der Waals surface area contributed by atoms with Gasteiger partial charge in [0, 0.05) is 62.8 Å². The van der Waals surface area contributed by atoms with Gasteiger partial charge in [-0.2, -0.15) is 4.98 Å². The maximum atomic E-state index is 12.4. The molecule has 4 rings (SSSR count). The fraction of sp³-hybridized carbons (Fsp3) is 0.300. The summed E-state index contributed by atoms with van der Waals surface area (Å²) in [6.45, 7) is 1.27. The molecule has 1 fully saturated rings. The molecule has 0 spiro atoms. The van der Waals surface area contributed by atoms with Crippen molar-refractivity contribution in [2.24, 2.45) is 5.92 Å². The highest BCUT2D eigenvalue weighted by molar-refractivity contribution is 5.89. The number of nitrogens with zero attached hydrogens (tertiary/aromatic N) is 5. The first-order valence-corrected chi connectivity index (χ1v) is 9.36. The zero-order valence-electron chi connectivity index (χ0n) is 15.7. The molecule has 1 aliphatic heterocycles. The van der Waals surface area contributed by atoms with Crippen LogP contribution >= 0.6 is 0 Å². The molecule has 9 nitrogen and oxygen atoms in total. The molecule has 1 N–H and O–H groups in total. The van der Waals surface area contributed by atoms with Crippen molar-refractivity contribution < 1.29 is 14.1 Å². The summed E-state index contributed by atoms with van der Waals surface area (Å²) in [7, 11) is 0. The van der Waals surface area contributed by atoms with E-state index in [0.29, 0.717) is 37.8 Å². The smallest absolute Gasteiger partial charge is 0.228 e. The fourth-order valence-electron chi connectivity index (χ4n) is 3.21. The molecule has 0 saturated carbocycles. The Balaban J connectivity index is 1.25. The van der Waals surface area contributed by atoms with Crippen LogP contribution in [0.25, 0.3) is 11.4 Å². The van der Waals surface area contributed by atoms with Crippen molar-refractivity contribution in [1.82, 2.24) is 30.3 Å². The van der Waals surface area contributed by atoms with E-state index in [9.17, 15) is 9.59 Å². The Labute approximate surface area is 167 Å². The van der Waals surface area contributed by atoms with Crippen LogP contribution < -0.4 is 5.32 Å². The molecular weight excluding hydrogens is 372 g/mol. The molecule has 1 atom stereocenters. The molecule has 29 heavy (non-hydrogen) atoms. The molecular formula is C20H20N6O3. The molecule has 0 unspecified atom stereocenters.